The lowest BCUT2D eigenvalue weighted by Gasteiger charge is -2.07. The Kier molecular flexibility index (Phi) is 2.74. The van der Waals surface area contributed by atoms with Gasteiger partial charge in [0.05, 0.1) is 5.56 Å². The Morgan fingerprint density at radius 3 is 2.00 bits per heavy atom. The van der Waals surface area contributed by atoms with Gasteiger partial charge in [0, 0.05) is 0 Å². The minimum Gasteiger partial charge on any atom is -0.507 e. The first-order valence-electron chi connectivity index (χ1n) is 3.80. The molecule has 2 nitrogen and oxygen atoms in total. The smallest absolute Gasteiger partial charge is 0.502 e. The van der Waals surface area contributed by atoms with E-state index in [0.717, 1.165) is 0 Å². The maximum atomic E-state index is 11.8. The molecule has 0 saturated carbocycles. The van der Waals surface area contributed by atoms with E-state index in [2.05, 4.69) is 0 Å². The molecule has 2 N–H and O–H groups in total. The fourth-order valence-electron chi connectivity index (χ4n) is 0.917. The SMILES string of the molecule is Oc1cccc(O)c1/C=C/[B-](F)(F)F. The molecule has 0 radical (unpaired) electrons. The van der Waals surface area contributed by atoms with Crippen LogP contribution in [0.1, 0.15) is 5.56 Å². The van der Waals surface area contributed by atoms with Crippen molar-refractivity contribution < 1.29 is 23.2 Å². The molecule has 0 bridgehead atoms. The summed E-state index contributed by atoms with van der Waals surface area (Å²) in [4.78, 5) is 0. The molecule has 1 rings (SSSR count). The van der Waals surface area contributed by atoms with Gasteiger partial charge in [-0.2, -0.15) is 0 Å². The molecule has 0 aliphatic heterocycles. The van der Waals surface area contributed by atoms with Gasteiger partial charge in [0.1, 0.15) is 11.5 Å². The minimum atomic E-state index is -5.06. The van der Waals surface area contributed by atoms with Crippen LogP contribution in [0.5, 0.6) is 11.5 Å². The van der Waals surface area contributed by atoms with Crippen LogP contribution in [-0.4, -0.2) is 17.2 Å². The van der Waals surface area contributed by atoms with E-state index in [1.165, 1.54) is 18.2 Å². The van der Waals surface area contributed by atoms with E-state index < -0.39 is 6.98 Å². The molecule has 0 aliphatic carbocycles. The zero-order valence-corrected chi connectivity index (χ0v) is 6.99. The molecule has 0 atom stereocenters. The van der Waals surface area contributed by atoms with Crippen LogP contribution in [0.15, 0.2) is 24.2 Å². The first-order valence-corrected chi connectivity index (χ1v) is 3.80. The van der Waals surface area contributed by atoms with E-state index in [9.17, 15) is 12.9 Å². The fourth-order valence-corrected chi connectivity index (χ4v) is 0.917. The molecule has 76 valence electrons. The third-order valence-electron chi connectivity index (χ3n) is 1.54. The third kappa shape index (κ3) is 2.72. The van der Waals surface area contributed by atoms with Crippen molar-refractivity contribution >= 4 is 13.1 Å². The Balaban J connectivity index is 3.03. The molecule has 0 unspecified atom stereocenters. The first kappa shape index (κ1) is 10.5. The molecule has 14 heavy (non-hydrogen) atoms. The van der Waals surface area contributed by atoms with Crippen LogP contribution < -0.4 is 0 Å². The van der Waals surface area contributed by atoms with Crippen molar-refractivity contribution in [2.75, 3.05) is 0 Å². The standard InChI is InChI=1S/C8H7BF3O2/c10-9(11,12)5-4-6-7(13)2-1-3-8(6)14/h1-5,13-14H/q-1/b5-4+. The largest absolute Gasteiger partial charge is 0.507 e. The van der Waals surface area contributed by atoms with Gasteiger partial charge in [-0.25, -0.2) is 0 Å². The molecule has 0 amide bonds. The van der Waals surface area contributed by atoms with Crippen molar-refractivity contribution in [3.8, 4) is 11.5 Å². The van der Waals surface area contributed by atoms with Gasteiger partial charge >= 0.3 is 6.98 Å². The summed E-state index contributed by atoms with van der Waals surface area (Å²) in [5.41, 5.74) is -0.230. The van der Waals surface area contributed by atoms with Crippen molar-refractivity contribution in [2.45, 2.75) is 0 Å². The topological polar surface area (TPSA) is 40.5 Å². The zero-order valence-electron chi connectivity index (χ0n) is 6.99. The normalized spacial score (nSPS) is 12.2. The second-order valence-electron chi connectivity index (χ2n) is 2.69. The minimum absolute atomic E-state index is 0.00870. The van der Waals surface area contributed by atoms with Gasteiger partial charge in [-0.1, -0.05) is 12.1 Å². The van der Waals surface area contributed by atoms with Gasteiger partial charge < -0.3 is 23.2 Å². The van der Waals surface area contributed by atoms with Crippen LogP contribution in [0.3, 0.4) is 0 Å². The van der Waals surface area contributed by atoms with Crippen molar-refractivity contribution in [2.24, 2.45) is 0 Å². The van der Waals surface area contributed by atoms with E-state index in [1.807, 2.05) is 0 Å². The molecule has 0 fully saturated rings. The number of phenolic OH excluding ortho intramolecular Hbond substituents is 2. The molecule has 0 aromatic heterocycles. The lowest BCUT2D eigenvalue weighted by molar-refractivity contribution is 0.448. The summed E-state index contributed by atoms with van der Waals surface area (Å²) in [6.45, 7) is -5.06. The van der Waals surface area contributed by atoms with Gasteiger partial charge in [0.2, 0.25) is 0 Å². The average Bonchev–Trinajstić information content (AvgIpc) is 2.01. The van der Waals surface area contributed by atoms with Gasteiger partial charge in [0.25, 0.3) is 0 Å². The Bertz CT molecular complexity index is 340. The van der Waals surface area contributed by atoms with E-state index in [-0.39, 0.29) is 23.0 Å². The number of hydrogen-bond donors (Lipinski definition) is 2. The number of benzene rings is 1. The quantitative estimate of drug-likeness (QED) is 0.724. The second-order valence-corrected chi connectivity index (χ2v) is 2.69. The summed E-state index contributed by atoms with van der Waals surface area (Å²) < 4.78 is 35.5. The monoisotopic (exact) mass is 203 g/mol. The summed E-state index contributed by atoms with van der Waals surface area (Å²) in [7, 11) is 0. The zero-order chi connectivity index (χ0) is 10.8. The molecule has 6 heteroatoms. The average molecular weight is 203 g/mol. The van der Waals surface area contributed by atoms with Gasteiger partial charge in [-0.15, -0.1) is 5.98 Å². The lowest BCUT2D eigenvalue weighted by Crippen LogP contribution is -2.09. The number of rotatable bonds is 2. The van der Waals surface area contributed by atoms with Gasteiger partial charge in [0.15, 0.2) is 0 Å². The fraction of sp³-hybridized carbons (Fsp3) is 0. The van der Waals surface area contributed by atoms with Crippen molar-refractivity contribution in [3.63, 3.8) is 0 Å². The van der Waals surface area contributed by atoms with Crippen LogP contribution in [0.25, 0.3) is 6.08 Å². The summed E-state index contributed by atoms with van der Waals surface area (Å²) in [5.74, 6) is -0.767. The number of hydrogen-bond acceptors (Lipinski definition) is 2. The third-order valence-corrected chi connectivity index (χ3v) is 1.54. The van der Waals surface area contributed by atoms with Crippen LogP contribution >= 0.6 is 0 Å². The summed E-state index contributed by atoms with van der Waals surface area (Å²) in [6.07, 6.45) is 0.644. The Morgan fingerprint density at radius 2 is 1.57 bits per heavy atom. The number of phenols is 2. The second kappa shape index (κ2) is 3.65. The molecule has 0 spiro atoms. The molecular formula is C8H7BF3O2-. The maximum Gasteiger partial charge on any atom is 0.502 e. The van der Waals surface area contributed by atoms with E-state index in [1.54, 1.807) is 0 Å². The van der Waals surface area contributed by atoms with Crippen molar-refractivity contribution in [3.05, 3.63) is 29.7 Å². The molecule has 0 heterocycles. The Morgan fingerprint density at radius 1 is 1.07 bits per heavy atom. The molecular weight excluding hydrogens is 196 g/mol. The number of halogens is 3. The highest BCUT2D eigenvalue weighted by Crippen LogP contribution is 2.28. The van der Waals surface area contributed by atoms with E-state index in [0.29, 0.717) is 6.08 Å². The van der Waals surface area contributed by atoms with Crippen LogP contribution in [0.4, 0.5) is 12.9 Å². The van der Waals surface area contributed by atoms with Crippen LogP contribution in [-0.2, 0) is 0 Å². The lowest BCUT2D eigenvalue weighted by atomic mass is 9.90. The van der Waals surface area contributed by atoms with Crippen molar-refractivity contribution in [1.82, 2.24) is 0 Å². The highest BCUT2D eigenvalue weighted by atomic mass is 19.4. The summed E-state index contributed by atoms with van der Waals surface area (Å²) in [6, 6.07) is 3.73. The van der Waals surface area contributed by atoms with Crippen molar-refractivity contribution in [1.29, 1.82) is 0 Å². The molecule has 0 aliphatic rings. The summed E-state index contributed by atoms with van der Waals surface area (Å²) >= 11 is 0. The van der Waals surface area contributed by atoms with Gasteiger partial charge in [-0.3, -0.25) is 0 Å². The number of aromatic hydroxyl groups is 2. The predicted octanol–water partition coefficient (Wildman–Crippen LogP) is 2.50. The Labute approximate surface area is 78.4 Å². The van der Waals surface area contributed by atoms with E-state index in [4.69, 9.17) is 10.2 Å². The van der Waals surface area contributed by atoms with Gasteiger partial charge in [-0.05, 0) is 12.1 Å². The molecule has 1 aromatic carbocycles. The van der Waals surface area contributed by atoms with E-state index >= 15 is 0 Å². The highest BCUT2D eigenvalue weighted by molar-refractivity contribution is 6.64. The van der Waals surface area contributed by atoms with Crippen LogP contribution in [0.2, 0.25) is 0 Å². The van der Waals surface area contributed by atoms with Crippen LogP contribution in [0, 0.1) is 0 Å². The maximum absolute atomic E-state index is 11.8. The Hall–Kier alpha value is -1.59. The summed E-state index contributed by atoms with van der Waals surface area (Å²) in [5, 5.41) is 18.2. The molecule has 0 saturated heterocycles. The first-order chi connectivity index (χ1) is 6.40. The highest BCUT2D eigenvalue weighted by Gasteiger charge is 2.17. The molecule has 1 aromatic rings. The predicted molar refractivity (Wildman–Crippen MR) is 47.9 cm³/mol.